The second-order valence-electron chi connectivity index (χ2n) is 5.66. The zero-order chi connectivity index (χ0) is 15.4. The molecular formula is C16H21NO4. The predicted octanol–water partition coefficient (Wildman–Crippen LogP) is 1.84. The topological polar surface area (TPSA) is 66.8 Å². The van der Waals surface area contributed by atoms with Gasteiger partial charge in [-0.15, -0.1) is 0 Å². The van der Waals surface area contributed by atoms with Crippen LogP contribution in [0.5, 0.6) is 0 Å². The van der Waals surface area contributed by atoms with Crippen LogP contribution in [0.2, 0.25) is 0 Å². The van der Waals surface area contributed by atoms with Crippen LogP contribution in [0.3, 0.4) is 0 Å². The number of amides is 2. The van der Waals surface area contributed by atoms with Crippen LogP contribution in [0.25, 0.3) is 0 Å². The molecule has 0 saturated carbocycles. The highest BCUT2D eigenvalue weighted by molar-refractivity contribution is 5.95. The zero-order valence-corrected chi connectivity index (χ0v) is 12.4. The van der Waals surface area contributed by atoms with Gasteiger partial charge in [0, 0.05) is 0 Å². The van der Waals surface area contributed by atoms with Crippen molar-refractivity contribution in [3.63, 3.8) is 0 Å². The molecule has 0 aromatic heterocycles. The van der Waals surface area contributed by atoms with Crippen molar-refractivity contribution < 1.29 is 19.4 Å². The third kappa shape index (κ3) is 3.42. The fourth-order valence-corrected chi connectivity index (χ4v) is 2.52. The van der Waals surface area contributed by atoms with Crippen molar-refractivity contribution in [1.82, 2.24) is 4.90 Å². The lowest BCUT2D eigenvalue weighted by molar-refractivity contribution is -0.136. The quantitative estimate of drug-likeness (QED) is 0.899. The number of carbonyl (C=O) groups is 2. The lowest BCUT2D eigenvalue weighted by Crippen LogP contribution is -2.45. The van der Waals surface area contributed by atoms with E-state index in [1.54, 1.807) is 0 Å². The van der Waals surface area contributed by atoms with Crippen LogP contribution < -0.4 is 0 Å². The normalized spacial score (nSPS) is 19.7. The smallest absolute Gasteiger partial charge is 0.416 e. The van der Waals surface area contributed by atoms with Gasteiger partial charge in [0.25, 0.3) is 0 Å². The van der Waals surface area contributed by atoms with Crippen LogP contribution >= 0.6 is 0 Å². The summed E-state index contributed by atoms with van der Waals surface area (Å²) in [6.07, 6.45) is -0.0470. The minimum atomic E-state index is -0.611. The van der Waals surface area contributed by atoms with Gasteiger partial charge in [-0.25, -0.2) is 9.69 Å². The van der Waals surface area contributed by atoms with Crippen molar-refractivity contribution in [3.8, 4) is 0 Å². The van der Waals surface area contributed by atoms with E-state index in [9.17, 15) is 14.7 Å². The Morgan fingerprint density at radius 2 is 2.05 bits per heavy atom. The SMILES string of the molecule is CC(C)C(CO)C(=O)N1C(=O)OC[C@H]1Cc1ccccc1. The summed E-state index contributed by atoms with van der Waals surface area (Å²) in [7, 11) is 0. The van der Waals surface area contributed by atoms with E-state index in [0.717, 1.165) is 5.56 Å². The van der Waals surface area contributed by atoms with Gasteiger partial charge in [-0.3, -0.25) is 4.79 Å². The van der Waals surface area contributed by atoms with E-state index in [1.165, 1.54) is 4.90 Å². The number of benzene rings is 1. The predicted molar refractivity (Wildman–Crippen MR) is 77.5 cm³/mol. The number of imide groups is 1. The van der Waals surface area contributed by atoms with Gasteiger partial charge in [0.1, 0.15) is 6.61 Å². The highest BCUT2D eigenvalue weighted by atomic mass is 16.6. The third-order valence-electron chi connectivity index (χ3n) is 3.83. The highest BCUT2D eigenvalue weighted by Crippen LogP contribution is 2.22. The Hall–Kier alpha value is -1.88. The fraction of sp³-hybridized carbons (Fsp3) is 0.500. The van der Waals surface area contributed by atoms with Crippen molar-refractivity contribution in [2.45, 2.75) is 26.3 Å². The molecule has 0 spiro atoms. The molecule has 1 saturated heterocycles. The minimum absolute atomic E-state index is 0.0340. The second kappa shape index (κ2) is 6.72. The number of carbonyl (C=O) groups excluding carboxylic acids is 2. The van der Waals surface area contributed by atoms with E-state index in [-0.39, 0.29) is 31.1 Å². The first-order valence-corrected chi connectivity index (χ1v) is 7.19. The van der Waals surface area contributed by atoms with E-state index < -0.39 is 12.0 Å². The number of cyclic esters (lactones) is 1. The van der Waals surface area contributed by atoms with Crippen LogP contribution in [0.1, 0.15) is 19.4 Å². The number of aliphatic hydroxyl groups excluding tert-OH is 1. The van der Waals surface area contributed by atoms with Crippen molar-refractivity contribution >= 4 is 12.0 Å². The average molecular weight is 291 g/mol. The molecule has 1 unspecified atom stereocenters. The summed E-state index contributed by atoms with van der Waals surface area (Å²) >= 11 is 0. The molecule has 21 heavy (non-hydrogen) atoms. The second-order valence-corrected chi connectivity index (χ2v) is 5.66. The molecule has 0 radical (unpaired) electrons. The fourth-order valence-electron chi connectivity index (χ4n) is 2.52. The van der Waals surface area contributed by atoms with E-state index in [4.69, 9.17) is 4.74 Å². The molecule has 2 amide bonds. The molecule has 2 atom stereocenters. The van der Waals surface area contributed by atoms with Gasteiger partial charge in [-0.05, 0) is 17.9 Å². The van der Waals surface area contributed by atoms with Gasteiger partial charge in [0.05, 0.1) is 18.6 Å². The van der Waals surface area contributed by atoms with Crippen LogP contribution in [-0.4, -0.2) is 41.3 Å². The molecule has 114 valence electrons. The van der Waals surface area contributed by atoms with E-state index in [1.807, 2.05) is 44.2 Å². The molecule has 1 heterocycles. The molecule has 0 bridgehead atoms. The van der Waals surface area contributed by atoms with Crippen LogP contribution in [0.4, 0.5) is 4.79 Å². The van der Waals surface area contributed by atoms with Crippen LogP contribution in [0, 0.1) is 11.8 Å². The van der Waals surface area contributed by atoms with Gasteiger partial charge in [-0.1, -0.05) is 44.2 Å². The molecule has 1 aliphatic rings. The van der Waals surface area contributed by atoms with Crippen molar-refractivity contribution in [3.05, 3.63) is 35.9 Å². The summed E-state index contributed by atoms with van der Waals surface area (Å²) in [5.41, 5.74) is 1.05. The maximum atomic E-state index is 12.5. The largest absolute Gasteiger partial charge is 0.447 e. The summed E-state index contributed by atoms with van der Waals surface area (Å²) in [6.45, 7) is 3.65. The highest BCUT2D eigenvalue weighted by Gasteiger charge is 2.41. The van der Waals surface area contributed by atoms with Gasteiger partial charge < -0.3 is 9.84 Å². The molecule has 5 nitrogen and oxygen atoms in total. The van der Waals surface area contributed by atoms with Crippen molar-refractivity contribution in [1.29, 1.82) is 0 Å². The van der Waals surface area contributed by atoms with Crippen molar-refractivity contribution in [2.75, 3.05) is 13.2 Å². The first kappa shape index (κ1) is 15.5. The number of hydrogen-bond donors (Lipinski definition) is 1. The maximum Gasteiger partial charge on any atom is 0.416 e. The van der Waals surface area contributed by atoms with Crippen LogP contribution in [-0.2, 0) is 16.0 Å². The Balaban J connectivity index is 2.15. The number of aliphatic hydroxyl groups is 1. The Morgan fingerprint density at radius 1 is 1.38 bits per heavy atom. The average Bonchev–Trinajstić information content (AvgIpc) is 2.81. The summed E-state index contributed by atoms with van der Waals surface area (Å²) in [6, 6.07) is 9.37. The first-order valence-electron chi connectivity index (χ1n) is 7.19. The number of hydrogen-bond acceptors (Lipinski definition) is 4. The Labute approximate surface area is 124 Å². The number of rotatable bonds is 5. The van der Waals surface area contributed by atoms with E-state index >= 15 is 0 Å². The molecule has 1 fully saturated rings. The summed E-state index contributed by atoms with van der Waals surface area (Å²) in [4.78, 5) is 25.5. The molecule has 0 aliphatic carbocycles. The summed E-state index contributed by atoms with van der Waals surface area (Å²) in [5.74, 6) is -0.960. The molecule has 2 rings (SSSR count). The minimum Gasteiger partial charge on any atom is -0.447 e. The zero-order valence-electron chi connectivity index (χ0n) is 12.4. The molecule has 1 aromatic rings. The monoisotopic (exact) mass is 291 g/mol. The Morgan fingerprint density at radius 3 is 2.62 bits per heavy atom. The number of ether oxygens (including phenoxy) is 1. The van der Waals surface area contributed by atoms with Crippen molar-refractivity contribution in [2.24, 2.45) is 11.8 Å². The third-order valence-corrected chi connectivity index (χ3v) is 3.83. The molecule has 1 aliphatic heterocycles. The molecule has 1 aromatic carbocycles. The standard InChI is InChI=1S/C16H21NO4/c1-11(2)14(9-18)15(19)17-13(10-21-16(17)20)8-12-6-4-3-5-7-12/h3-7,11,13-14,18H,8-10H2,1-2H3/t13-,14?/m1/s1. The van der Waals surface area contributed by atoms with E-state index in [2.05, 4.69) is 0 Å². The van der Waals surface area contributed by atoms with Gasteiger partial charge >= 0.3 is 6.09 Å². The summed E-state index contributed by atoms with van der Waals surface area (Å²) in [5, 5.41) is 9.39. The Bertz CT molecular complexity index is 500. The molecular weight excluding hydrogens is 270 g/mol. The lowest BCUT2D eigenvalue weighted by atomic mass is 9.94. The van der Waals surface area contributed by atoms with Gasteiger partial charge in [-0.2, -0.15) is 0 Å². The molecule has 5 heteroatoms. The first-order chi connectivity index (χ1) is 10.0. The summed E-state index contributed by atoms with van der Waals surface area (Å²) < 4.78 is 5.03. The van der Waals surface area contributed by atoms with Gasteiger partial charge in [0.15, 0.2) is 0 Å². The lowest BCUT2D eigenvalue weighted by Gasteiger charge is -2.25. The van der Waals surface area contributed by atoms with E-state index in [0.29, 0.717) is 6.42 Å². The number of nitrogens with zero attached hydrogens (tertiary/aromatic N) is 1. The maximum absolute atomic E-state index is 12.5. The molecule has 1 N–H and O–H groups in total. The van der Waals surface area contributed by atoms with Crippen LogP contribution in [0.15, 0.2) is 30.3 Å². The Kier molecular flexibility index (Phi) is 4.96. The van der Waals surface area contributed by atoms with Gasteiger partial charge in [0.2, 0.25) is 5.91 Å².